The molecule has 1 aromatic rings. The van der Waals surface area contributed by atoms with Crippen LogP contribution in [0.2, 0.25) is 0 Å². The largest absolute Gasteiger partial charge is 0.481 e. The van der Waals surface area contributed by atoms with E-state index in [-0.39, 0.29) is 11.8 Å². The Kier molecular flexibility index (Phi) is 5.95. The second kappa shape index (κ2) is 7.95. The van der Waals surface area contributed by atoms with Gasteiger partial charge in [0, 0.05) is 19.2 Å². The summed E-state index contributed by atoms with van der Waals surface area (Å²) in [6, 6.07) is 5.04. The van der Waals surface area contributed by atoms with Gasteiger partial charge in [0.15, 0.2) is 5.75 Å². The third kappa shape index (κ3) is 4.68. The molecular weight excluding hydrogens is 272 g/mol. The smallest absolute Gasteiger partial charge is 0.310 e. The summed E-state index contributed by atoms with van der Waals surface area (Å²) in [6.45, 7) is 4.94. The average Bonchev–Trinajstić information content (AvgIpc) is 2.48. The Morgan fingerprint density at radius 1 is 1.52 bits per heavy atom. The molecule has 1 fully saturated rings. The molecule has 1 unspecified atom stereocenters. The first-order valence-corrected chi connectivity index (χ1v) is 7.43. The molecule has 0 amide bonds. The lowest BCUT2D eigenvalue weighted by Gasteiger charge is -2.23. The van der Waals surface area contributed by atoms with E-state index < -0.39 is 4.92 Å². The lowest BCUT2D eigenvalue weighted by molar-refractivity contribution is -0.386. The molecule has 1 N–H and O–H groups in total. The van der Waals surface area contributed by atoms with Gasteiger partial charge in [-0.25, -0.2) is 0 Å². The maximum atomic E-state index is 11.1. The quantitative estimate of drug-likeness (QED) is 0.475. The first kappa shape index (κ1) is 15.7. The van der Waals surface area contributed by atoms with Gasteiger partial charge in [0.05, 0.1) is 11.5 Å². The van der Waals surface area contributed by atoms with Crippen molar-refractivity contribution in [3.05, 3.63) is 33.9 Å². The van der Waals surface area contributed by atoms with Crippen molar-refractivity contribution in [1.29, 1.82) is 0 Å². The number of benzene rings is 1. The van der Waals surface area contributed by atoms with Gasteiger partial charge in [-0.2, -0.15) is 0 Å². The van der Waals surface area contributed by atoms with E-state index in [9.17, 15) is 10.1 Å². The van der Waals surface area contributed by atoms with Gasteiger partial charge in [-0.05, 0) is 37.4 Å². The number of rotatable bonds is 7. The second-order valence-corrected chi connectivity index (χ2v) is 5.19. The molecule has 21 heavy (non-hydrogen) atoms. The summed E-state index contributed by atoms with van der Waals surface area (Å²) in [5, 5.41) is 14.4. The van der Waals surface area contributed by atoms with Crippen LogP contribution in [0.3, 0.4) is 0 Å². The van der Waals surface area contributed by atoms with Crippen molar-refractivity contribution < 1.29 is 14.4 Å². The van der Waals surface area contributed by atoms with Crippen LogP contribution in [0.4, 0.5) is 5.69 Å². The van der Waals surface area contributed by atoms with Crippen molar-refractivity contribution in [1.82, 2.24) is 5.32 Å². The number of nitrogens with one attached hydrogen (secondary N) is 1. The van der Waals surface area contributed by atoms with Gasteiger partial charge in [0.25, 0.3) is 0 Å². The molecule has 0 aliphatic carbocycles. The Morgan fingerprint density at radius 3 is 3.05 bits per heavy atom. The Morgan fingerprint density at radius 2 is 2.38 bits per heavy atom. The highest BCUT2D eigenvalue weighted by Gasteiger charge is 2.21. The monoisotopic (exact) mass is 294 g/mol. The van der Waals surface area contributed by atoms with Crippen molar-refractivity contribution in [3.63, 3.8) is 0 Å². The normalized spacial score (nSPS) is 18.4. The molecule has 1 saturated heterocycles. The van der Waals surface area contributed by atoms with Gasteiger partial charge in [0.2, 0.25) is 0 Å². The Bertz CT molecular complexity index is 473. The van der Waals surface area contributed by atoms with Gasteiger partial charge in [-0.15, -0.1) is 0 Å². The second-order valence-electron chi connectivity index (χ2n) is 5.19. The molecular formula is C15H22N2O4. The summed E-state index contributed by atoms with van der Waals surface area (Å²) < 4.78 is 11.2. The van der Waals surface area contributed by atoms with Crippen LogP contribution in [0.1, 0.15) is 31.7 Å². The summed E-state index contributed by atoms with van der Waals surface area (Å²) in [5.74, 6) is 0.339. The molecule has 1 aliphatic heterocycles. The summed E-state index contributed by atoms with van der Waals surface area (Å²) in [5.41, 5.74) is 1.00. The van der Waals surface area contributed by atoms with Crippen LogP contribution < -0.4 is 10.1 Å². The minimum atomic E-state index is -0.401. The summed E-state index contributed by atoms with van der Waals surface area (Å²) in [4.78, 5) is 10.7. The number of hydrogen-bond donors (Lipinski definition) is 1. The van der Waals surface area contributed by atoms with Crippen molar-refractivity contribution in [2.24, 2.45) is 0 Å². The molecule has 2 rings (SSSR count). The maximum absolute atomic E-state index is 11.1. The number of nitrogens with zero attached hydrogens (tertiary/aromatic N) is 1. The fourth-order valence-corrected chi connectivity index (χ4v) is 2.31. The molecule has 0 bridgehead atoms. The van der Waals surface area contributed by atoms with Gasteiger partial charge >= 0.3 is 5.69 Å². The van der Waals surface area contributed by atoms with E-state index in [1.807, 2.05) is 0 Å². The van der Waals surface area contributed by atoms with Gasteiger partial charge < -0.3 is 14.8 Å². The van der Waals surface area contributed by atoms with Gasteiger partial charge in [0.1, 0.15) is 6.10 Å². The molecule has 1 atom stereocenters. The van der Waals surface area contributed by atoms with E-state index in [0.717, 1.165) is 38.0 Å². The predicted molar refractivity (Wildman–Crippen MR) is 79.6 cm³/mol. The van der Waals surface area contributed by atoms with E-state index in [2.05, 4.69) is 12.2 Å². The Hall–Kier alpha value is -1.66. The van der Waals surface area contributed by atoms with Crippen LogP contribution >= 0.6 is 0 Å². The first-order valence-electron chi connectivity index (χ1n) is 7.43. The number of nitro benzene ring substituents is 1. The molecule has 116 valence electrons. The third-order valence-electron chi connectivity index (χ3n) is 3.39. The topological polar surface area (TPSA) is 73.6 Å². The van der Waals surface area contributed by atoms with Crippen LogP contribution in [-0.4, -0.2) is 30.8 Å². The van der Waals surface area contributed by atoms with Crippen LogP contribution in [0.15, 0.2) is 18.2 Å². The molecule has 0 aromatic heterocycles. The summed E-state index contributed by atoms with van der Waals surface area (Å²) in [7, 11) is 0. The number of ether oxygens (including phenoxy) is 2. The zero-order valence-electron chi connectivity index (χ0n) is 12.3. The van der Waals surface area contributed by atoms with Crippen LogP contribution in [-0.2, 0) is 11.3 Å². The van der Waals surface area contributed by atoms with Crippen LogP contribution in [0.25, 0.3) is 0 Å². The lowest BCUT2D eigenvalue weighted by Crippen LogP contribution is -2.28. The molecule has 6 heteroatoms. The fourth-order valence-electron chi connectivity index (χ4n) is 2.31. The van der Waals surface area contributed by atoms with E-state index in [1.54, 1.807) is 12.1 Å². The van der Waals surface area contributed by atoms with E-state index in [0.29, 0.717) is 18.9 Å². The fraction of sp³-hybridized carbons (Fsp3) is 0.600. The Balaban J connectivity index is 2.09. The van der Waals surface area contributed by atoms with Gasteiger partial charge in [-0.3, -0.25) is 10.1 Å². The van der Waals surface area contributed by atoms with E-state index in [1.165, 1.54) is 6.07 Å². The first-order chi connectivity index (χ1) is 10.2. The highest BCUT2D eigenvalue weighted by Crippen LogP contribution is 2.30. The molecule has 0 radical (unpaired) electrons. The predicted octanol–water partition coefficient (Wildman–Crippen LogP) is 2.65. The summed E-state index contributed by atoms with van der Waals surface area (Å²) in [6.07, 6.45) is 2.75. The molecule has 6 nitrogen and oxygen atoms in total. The minimum Gasteiger partial charge on any atom is -0.481 e. The standard InChI is InChI=1S/C15H22N2O4/c1-2-7-16-10-12-5-6-14(17(18)19)15(9-12)21-13-4-3-8-20-11-13/h5-6,9,13,16H,2-4,7-8,10-11H2,1H3. The van der Waals surface area contributed by atoms with Crippen molar-refractivity contribution in [2.45, 2.75) is 38.8 Å². The van der Waals surface area contributed by atoms with Crippen molar-refractivity contribution in [2.75, 3.05) is 19.8 Å². The summed E-state index contributed by atoms with van der Waals surface area (Å²) >= 11 is 0. The van der Waals surface area contributed by atoms with Crippen LogP contribution in [0.5, 0.6) is 5.75 Å². The van der Waals surface area contributed by atoms with Crippen LogP contribution in [0, 0.1) is 10.1 Å². The van der Waals surface area contributed by atoms with Gasteiger partial charge in [-0.1, -0.05) is 13.0 Å². The van der Waals surface area contributed by atoms with E-state index >= 15 is 0 Å². The SMILES string of the molecule is CCCNCc1ccc([N+](=O)[O-])c(OC2CCCOC2)c1. The van der Waals surface area contributed by atoms with E-state index in [4.69, 9.17) is 9.47 Å². The highest BCUT2D eigenvalue weighted by atomic mass is 16.6. The highest BCUT2D eigenvalue weighted by molar-refractivity contribution is 5.48. The third-order valence-corrected chi connectivity index (χ3v) is 3.39. The molecule has 0 saturated carbocycles. The molecule has 1 aromatic carbocycles. The zero-order chi connectivity index (χ0) is 15.1. The maximum Gasteiger partial charge on any atom is 0.310 e. The van der Waals surface area contributed by atoms with Crippen molar-refractivity contribution >= 4 is 5.69 Å². The minimum absolute atomic E-state index is 0.0137. The Labute approximate surface area is 124 Å². The lowest BCUT2D eigenvalue weighted by atomic mass is 10.1. The average molecular weight is 294 g/mol. The van der Waals surface area contributed by atoms with Crippen molar-refractivity contribution in [3.8, 4) is 5.75 Å². The zero-order valence-corrected chi connectivity index (χ0v) is 12.3. The molecule has 1 heterocycles. The number of hydrogen-bond acceptors (Lipinski definition) is 5. The number of nitro groups is 1. The molecule has 1 aliphatic rings. The molecule has 0 spiro atoms.